The van der Waals surface area contributed by atoms with Crippen LogP contribution < -0.4 is 0 Å². The van der Waals surface area contributed by atoms with Crippen molar-refractivity contribution in [2.24, 2.45) is 0 Å². The number of nitrogens with zero attached hydrogens (tertiary/aromatic N) is 3. The second-order valence-electron chi connectivity index (χ2n) is 7.02. The maximum Gasteiger partial charge on any atom is 0.327 e. The van der Waals surface area contributed by atoms with Gasteiger partial charge in [-0.1, -0.05) is 6.92 Å². The molecular formula is C17H31N3O3. The third-order valence-corrected chi connectivity index (χ3v) is 5.45. The molecule has 2 rings (SSSR count). The molecule has 132 valence electrons. The molecule has 1 spiro atoms. The first-order chi connectivity index (χ1) is 10.9. The first-order valence-corrected chi connectivity index (χ1v) is 8.77. The fraction of sp³-hybridized carbons (Fsp3) is 0.882. The lowest BCUT2D eigenvalue weighted by Crippen LogP contribution is -2.58. The van der Waals surface area contributed by atoms with E-state index in [1.54, 1.807) is 12.0 Å². The van der Waals surface area contributed by atoms with E-state index in [1.807, 2.05) is 13.8 Å². The Morgan fingerprint density at radius 1 is 1.17 bits per heavy atom. The average molecular weight is 325 g/mol. The third kappa shape index (κ3) is 3.11. The van der Waals surface area contributed by atoms with Gasteiger partial charge in [0.2, 0.25) is 0 Å². The summed E-state index contributed by atoms with van der Waals surface area (Å²) >= 11 is 0. The molecule has 0 N–H and O–H groups in total. The van der Waals surface area contributed by atoms with Crippen LogP contribution in [0.3, 0.4) is 0 Å². The summed E-state index contributed by atoms with van der Waals surface area (Å²) in [6.07, 6.45) is 2.54. The van der Waals surface area contributed by atoms with Crippen LogP contribution in [0.1, 0.15) is 47.0 Å². The molecule has 2 aliphatic rings. The molecule has 6 heteroatoms. The van der Waals surface area contributed by atoms with E-state index in [0.29, 0.717) is 19.2 Å². The zero-order chi connectivity index (χ0) is 17.2. The molecule has 0 radical (unpaired) electrons. The largest absolute Gasteiger partial charge is 0.383 e. The Morgan fingerprint density at radius 3 is 2.26 bits per heavy atom. The van der Waals surface area contributed by atoms with Crippen molar-refractivity contribution in [1.82, 2.24) is 14.7 Å². The predicted octanol–water partition coefficient (Wildman–Crippen LogP) is 1.94. The Hall–Kier alpha value is -1.14. The summed E-state index contributed by atoms with van der Waals surface area (Å²) in [5.41, 5.74) is -0.663. The zero-order valence-electron chi connectivity index (χ0n) is 15.2. The number of hydrogen-bond acceptors (Lipinski definition) is 4. The predicted molar refractivity (Wildman–Crippen MR) is 89.3 cm³/mol. The van der Waals surface area contributed by atoms with Crippen molar-refractivity contribution in [2.75, 3.05) is 33.4 Å². The first kappa shape index (κ1) is 18.2. The van der Waals surface area contributed by atoms with Crippen LogP contribution in [0.5, 0.6) is 0 Å². The highest BCUT2D eigenvalue weighted by atomic mass is 16.5. The normalized spacial score (nSPS) is 23.4. The van der Waals surface area contributed by atoms with Gasteiger partial charge in [0.15, 0.2) is 0 Å². The lowest BCUT2D eigenvalue weighted by molar-refractivity contribution is -0.137. The van der Waals surface area contributed by atoms with Gasteiger partial charge >= 0.3 is 6.03 Å². The van der Waals surface area contributed by atoms with Gasteiger partial charge in [0.1, 0.15) is 5.54 Å². The molecule has 23 heavy (non-hydrogen) atoms. The summed E-state index contributed by atoms with van der Waals surface area (Å²) in [6, 6.07) is 0.263. The van der Waals surface area contributed by atoms with Crippen molar-refractivity contribution < 1.29 is 14.3 Å². The van der Waals surface area contributed by atoms with Crippen LogP contribution in [0.25, 0.3) is 0 Å². The van der Waals surface area contributed by atoms with Crippen molar-refractivity contribution in [3.63, 3.8) is 0 Å². The van der Waals surface area contributed by atoms with Crippen LogP contribution in [0, 0.1) is 0 Å². The summed E-state index contributed by atoms with van der Waals surface area (Å²) < 4.78 is 5.16. The number of piperidine rings is 1. The summed E-state index contributed by atoms with van der Waals surface area (Å²) in [5.74, 6) is -0.0163. The molecule has 3 amide bonds. The molecule has 2 fully saturated rings. The molecule has 1 atom stereocenters. The van der Waals surface area contributed by atoms with Crippen LogP contribution in [0.2, 0.25) is 0 Å². The zero-order valence-corrected chi connectivity index (χ0v) is 15.2. The van der Waals surface area contributed by atoms with Gasteiger partial charge in [-0.15, -0.1) is 0 Å². The van der Waals surface area contributed by atoms with E-state index in [0.717, 1.165) is 32.4 Å². The van der Waals surface area contributed by atoms with Crippen molar-refractivity contribution >= 4 is 11.9 Å². The number of ether oxygens (including phenoxy) is 1. The maximum atomic E-state index is 13.1. The number of likely N-dealkylation sites (tertiary alicyclic amines) is 1. The van der Waals surface area contributed by atoms with E-state index in [4.69, 9.17) is 4.74 Å². The summed E-state index contributed by atoms with van der Waals surface area (Å²) in [5, 5.41) is 0. The van der Waals surface area contributed by atoms with Crippen molar-refractivity contribution in [2.45, 2.75) is 64.6 Å². The number of carbonyl (C=O) groups excluding carboxylic acids is 2. The topological polar surface area (TPSA) is 53.1 Å². The molecule has 0 saturated carbocycles. The van der Waals surface area contributed by atoms with Crippen molar-refractivity contribution in [3.8, 4) is 0 Å². The average Bonchev–Trinajstić information content (AvgIpc) is 2.73. The van der Waals surface area contributed by atoms with Crippen LogP contribution >= 0.6 is 0 Å². The van der Waals surface area contributed by atoms with Crippen LogP contribution in [-0.2, 0) is 9.53 Å². The van der Waals surface area contributed by atoms with Gasteiger partial charge in [0.05, 0.1) is 6.61 Å². The molecule has 2 saturated heterocycles. The second-order valence-corrected chi connectivity index (χ2v) is 7.02. The van der Waals surface area contributed by atoms with Gasteiger partial charge in [-0.2, -0.15) is 0 Å². The Balaban J connectivity index is 2.23. The number of imide groups is 1. The van der Waals surface area contributed by atoms with Crippen LogP contribution in [0.4, 0.5) is 4.79 Å². The Bertz CT molecular complexity index is 444. The van der Waals surface area contributed by atoms with Gasteiger partial charge in [0.25, 0.3) is 5.91 Å². The van der Waals surface area contributed by atoms with Gasteiger partial charge in [-0.05, 0) is 40.0 Å². The van der Waals surface area contributed by atoms with E-state index in [2.05, 4.69) is 18.7 Å². The minimum atomic E-state index is -0.663. The molecule has 0 aromatic carbocycles. The number of urea groups is 1. The maximum absolute atomic E-state index is 13.1. The smallest absolute Gasteiger partial charge is 0.327 e. The van der Waals surface area contributed by atoms with Crippen LogP contribution in [-0.4, -0.2) is 77.6 Å². The molecule has 2 aliphatic heterocycles. The lowest BCUT2D eigenvalue weighted by atomic mass is 9.85. The Morgan fingerprint density at radius 2 is 1.78 bits per heavy atom. The standard InChI is InChI=1S/C17H31N3O3/c1-6-14(4)18-9-7-17(8-10-18)15(21)20(13(2)3)16(22)19(17)11-12-23-5/h13-14H,6-12H2,1-5H3/t14-/m1/s1. The number of carbonyl (C=O) groups is 2. The minimum absolute atomic E-state index is 0.0163. The quantitative estimate of drug-likeness (QED) is 0.700. The molecule has 0 unspecified atom stereocenters. The van der Waals surface area contributed by atoms with Gasteiger partial charge < -0.3 is 14.5 Å². The fourth-order valence-electron chi connectivity index (χ4n) is 3.76. The number of hydrogen-bond donors (Lipinski definition) is 0. The van der Waals surface area contributed by atoms with Crippen molar-refractivity contribution in [1.29, 1.82) is 0 Å². The Labute approximate surface area is 139 Å². The monoisotopic (exact) mass is 325 g/mol. The van der Waals surface area contributed by atoms with E-state index >= 15 is 0 Å². The first-order valence-electron chi connectivity index (χ1n) is 8.77. The molecule has 0 aromatic heterocycles. The van der Waals surface area contributed by atoms with E-state index in [9.17, 15) is 9.59 Å². The second kappa shape index (κ2) is 7.18. The molecular weight excluding hydrogens is 294 g/mol. The highest BCUT2D eigenvalue weighted by Crippen LogP contribution is 2.38. The fourth-order valence-corrected chi connectivity index (χ4v) is 3.76. The van der Waals surface area contributed by atoms with E-state index in [-0.39, 0.29) is 18.0 Å². The van der Waals surface area contributed by atoms with E-state index in [1.165, 1.54) is 4.90 Å². The van der Waals surface area contributed by atoms with Gasteiger partial charge in [0, 0.05) is 38.8 Å². The molecule has 0 aliphatic carbocycles. The summed E-state index contributed by atoms with van der Waals surface area (Å²) in [7, 11) is 1.63. The molecule has 6 nitrogen and oxygen atoms in total. The number of methoxy groups -OCH3 is 1. The van der Waals surface area contributed by atoms with Crippen molar-refractivity contribution in [3.05, 3.63) is 0 Å². The minimum Gasteiger partial charge on any atom is -0.383 e. The summed E-state index contributed by atoms with van der Waals surface area (Å²) in [4.78, 5) is 31.5. The van der Waals surface area contributed by atoms with E-state index < -0.39 is 5.54 Å². The summed E-state index contributed by atoms with van der Waals surface area (Å²) in [6.45, 7) is 10.9. The van der Waals surface area contributed by atoms with Gasteiger partial charge in [-0.3, -0.25) is 9.69 Å². The molecule has 2 heterocycles. The number of rotatable bonds is 6. The SMILES string of the molecule is CC[C@@H](C)N1CCC2(CC1)C(=O)N(C(C)C)C(=O)N2CCOC. The highest BCUT2D eigenvalue weighted by Gasteiger charge is 2.58. The highest BCUT2D eigenvalue weighted by molar-refractivity contribution is 6.07. The number of amides is 3. The Kier molecular flexibility index (Phi) is 5.68. The van der Waals surface area contributed by atoms with Gasteiger partial charge in [-0.25, -0.2) is 4.79 Å². The third-order valence-electron chi connectivity index (χ3n) is 5.45. The molecule has 0 bridgehead atoms. The lowest BCUT2D eigenvalue weighted by Gasteiger charge is -2.43. The molecule has 0 aromatic rings. The van der Waals surface area contributed by atoms with Crippen LogP contribution in [0.15, 0.2) is 0 Å².